The molecule has 2 aromatic rings. The molecule has 0 unspecified atom stereocenters. The van der Waals surface area contributed by atoms with Gasteiger partial charge >= 0.3 is 6.18 Å². The van der Waals surface area contributed by atoms with Crippen LogP contribution in [0.25, 0.3) is 0 Å². The quantitative estimate of drug-likeness (QED) is 0.862. The summed E-state index contributed by atoms with van der Waals surface area (Å²) in [6, 6.07) is 5.29. The van der Waals surface area contributed by atoms with Gasteiger partial charge in [0.05, 0.1) is 5.56 Å². The number of pyridine rings is 1. The maximum absolute atomic E-state index is 13.0. The van der Waals surface area contributed by atoms with Crippen molar-refractivity contribution in [1.29, 1.82) is 0 Å². The lowest BCUT2D eigenvalue weighted by Crippen LogP contribution is -2.09. The second-order valence-electron chi connectivity index (χ2n) is 4.38. The van der Waals surface area contributed by atoms with Gasteiger partial charge in [-0.3, -0.25) is 0 Å². The van der Waals surface area contributed by atoms with E-state index in [2.05, 4.69) is 10.3 Å². The van der Waals surface area contributed by atoms with Gasteiger partial charge in [-0.15, -0.1) is 0 Å². The van der Waals surface area contributed by atoms with E-state index in [1.54, 1.807) is 0 Å². The summed E-state index contributed by atoms with van der Waals surface area (Å²) in [6.07, 6.45) is -3.38. The van der Waals surface area contributed by atoms with Gasteiger partial charge in [-0.25, -0.2) is 13.8 Å². The molecule has 1 N–H and O–H groups in total. The first-order chi connectivity index (χ1) is 9.84. The van der Waals surface area contributed by atoms with Crippen molar-refractivity contribution in [1.82, 2.24) is 4.98 Å². The molecule has 0 saturated carbocycles. The normalized spacial score (nSPS) is 11.5. The lowest BCUT2D eigenvalue weighted by molar-refractivity contribution is -0.137. The Hall–Kier alpha value is -2.18. The predicted molar refractivity (Wildman–Crippen MR) is 67.8 cm³/mol. The van der Waals surface area contributed by atoms with E-state index in [0.29, 0.717) is 18.5 Å². The third kappa shape index (κ3) is 4.40. The Balaban J connectivity index is 1.91. The van der Waals surface area contributed by atoms with Crippen molar-refractivity contribution in [2.45, 2.75) is 12.6 Å². The van der Waals surface area contributed by atoms with Crippen molar-refractivity contribution in [3.05, 3.63) is 59.3 Å². The largest absolute Gasteiger partial charge is 0.417 e. The van der Waals surface area contributed by atoms with Gasteiger partial charge in [0.25, 0.3) is 0 Å². The average Bonchev–Trinajstić information content (AvgIpc) is 2.37. The van der Waals surface area contributed by atoms with Gasteiger partial charge in [0.1, 0.15) is 17.5 Å². The molecule has 1 aromatic carbocycles. The number of halogens is 5. The minimum absolute atomic E-state index is 0.264. The molecule has 0 bridgehead atoms. The Morgan fingerprint density at radius 2 is 1.67 bits per heavy atom. The van der Waals surface area contributed by atoms with Crippen LogP contribution in [0.5, 0.6) is 0 Å². The summed E-state index contributed by atoms with van der Waals surface area (Å²) in [5, 5.41) is 2.79. The van der Waals surface area contributed by atoms with Gasteiger partial charge in [0, 0.05) is 18.8 Å². The topological polar surface area (TPSA) is 24.9 Å². The fourth-order valence-electron chi connectivity index (χ4n) is 1.76. The fraction of sp³-hybridized carbons (Fsp3) is 0.214. The smallest absolute Gasteiger partial charge is 0.370 e. The summed E-state index contributed by atoms with van der Waals surface area (Å²) < 4.78 is 62.9. The molecule has 0 radical (unpaired) electrons. The third-order valence-electron chi connectivity index (χ3n) is 2.73. The highest BCUT2D eigenvalue weighted by atomic mass is 19.4. The van der Waals surface area contributed by atoms with E-state index < -0.39 is 23.4 Å². The minimum atomic E-state index is -4.43. The second-order valence-corrected chi connectivity index (χ2v) is 4.38. The number of aromatic nitrogens is 1. The van der Waals surface area contributed by atoms with Crippen LogP contribution in [0.15, 0.2) is 36.5 Å². The first-order valence-electron chi connectivity index (χ1n) is 6.07. The molecule has 112 valence electrons. The molecule has 0 spiro atoms. The molecule has 0 aliphatic rings. The summed E-state index contributed by atoms with van der Waals surface area (Å²) >= 11 is 0. The zero-order valence-corrected chi connectivity index (χ0v) is 10.7. The number of hydrogen-bond donors (Lipinski definition) is 1. The van der Waals surface area contributed by atoms with Crippen LogP contribution in [0.1, 0.15) is 11.1 Å². The number of nitrogens with zero attached hydrogens (tertiary/aromatic N) is 1. The predicted octanol–water partition coefficient (Wildman–Crippen LogP) is 4.03. The van der Waals surface area contributed by atoms with E-state index in [1.165, 1.54) is 18.2 Å². The van der Waals surface area contributed by atoms with Crippen LogP contribution in [-0.2, 0) is 12.6 Å². The molecule has 0 aliphatic carbocycles. The Bertz CT molecular complexity index is 588. The second kappa shape index (κ2) is 6.07. The average molecular weight is 302 g/mol. The number of hydrogen-bond acceptors (Lipinski definition) is 2. The van der Waals surface area contributed by atoms with Crippen molar-refractivity contribution in [2.24, 2.45) is 0 Å². The molecule has 1 aromatic heterocycles. The van der Waals surface area contributed by atoms with E-state index in [-0.39, 0.29) is 5.82 Å². The first-order valence-corrected chi connectivity index (χ1v) is 6.07. The van der Waals surface area contributed by atoms with Crippen LogP contribution in [0, 0.1) is 11.6 Å². The molecule has 7 heteroatoms. The maximum Gasteiger partial charge on any atom is 0.417 e. The van der Waals surface area contributed by atoms with E-state index in [4.69, 9.17) is 0 Å². The zero-order chi connectivity index (χ0) is 15.5. The number of benzene rings is 1. The zero-order valence-electron chi connectivity index (χ0n) is 10.7. The monoisotopic (exact) mass is 302 g/mol. The van der Waals surface area contributed by atoms with Crippen molar-refractivity contribution < 1.29 is 22.0 Å². The van der Waals surface area contributed by atoms with Gasteiger partial charge < -0.3 is 5.32 Å². The highest BCUT2D eigenvalue weighted by Gasteiger charge is 2.30. The van der Waals surface area contributed by atoms with Gasteiger partial charge in [-0.05, 0) is 36.2 Å². The lowest BCUT2D eigenvalue weighted by Gasteiger charge is -2.08. The van der Waals surface area contributed by atoms with Crippen LogP contribution < -0.4 is 5.32 Å². The lowest BCUT2D eigenvalue weighted by atomic mass is 10.1. The SMILES string of the molecule is Fc1cc(F)cc(CCNc2ccc(C(F)(F)F)cn2)c1. The molecular weight excluding hydrogens is 291 g/mol. The first kappa shape index (κ1) is 15.2. The number of nitrogens with one attached hydrogen (secondary N) is 1. The van der Waals surface area contributed by atoms with Crippen molar-refractivity contribution >= 4 is 5.82 Å². The summed E-state index contributed by atoms with van der Waals surface area (Å²) in [7, 11) is 0. The summed E-state index contributed by atoms with van der Waals surface area (Å²) in [5.74, 6) is -1.07. The van der Waals surface area contributed by atoms with E-state index in [1.807, 2.05) is 0 Å². The highest BCUT2D eigenvalue weighted by Crippen LogP contribution is 2.28. The molecule has 0 aliphatic heterocycles. The molecule has 1 heterocycles. The minimum Gasteiger partial charge on any atom is -0.370 e. The molecule has 2 rings (SSSR count). The molecule has 2 nitrogen and oxygen atoms in total. The molecule has 0 saturated heterocycles. The van der Waals surface area contributed by atoms with Crippen LogP contribution in [0.2, 0.25) is 0 Å². The third-order valence-corrected chi connectivity index (χ3v) is 2.73. The van der Waals surface area contributed by atoms with Gasteiger partial charge in [0.2, 0.25) is 0 Å². The number of rotatable bonds is 4. The highest BCUT2D eigenvalue weighted by molar-refractivity contribution is 5.36. The van der Waals surface area contributed by atoms with Crippen molar-refractivity contribution in [3.8, 4) is 0 Å². The molecule has 0 amide bonds. The summed E-state index contributed by atoms with van der Waals surface area (Å²) in [5.41, 5.74) is -0.382. The summed E-state index contributed by atoms with van der Waals surface area (Å²) in [4.78, 5) is 3.63. The Morgan fingerprint density at radius 3 is 2.19 bits per heavy atom. The van der Waals surface area contributed by atoms with Crippen LogP contribution in [-0.4, -0.2) is 11.5 Å². The standard InChI is InChI=1S/C14H11F5N2/c15-11-5-9(6-12(16)7-11)3-4-20-13-2-1-10(8-21-13)14(17,18)19/h1-2,5-8H,3-4H2,(H,20,21). The van der Waals surface area contributed by atoms with Crippen molar-refractivity contribution in [2.75, 3.05) is 11.9 Å². The van der Waals surface area contributed by atoms with Gasteiger partial charge in [-0.1, -0.05) is 0 Å². The molecule has 0 atom stereocenters. The Labute approximate surface area is 117 Å². The number of alkyl halides is 3. The Kier molecular flexibility index (Phi) is 4.40. The van der Waals surface area contributed by atoms with Crippen LogP contribution in [0.4, 0.5) is 27.8 Å². The van der Waals surface area contributed by atoms with Crippen LogP contribution >= 0.6 is 0 Å². The maximum atomic E-state index is 13.0. The number of anilines is 1. The fourth-order valence-corrected chi connectivity index (χ4v) is 1.76. The van der Waals surface area contributed by atoms with Gasteiger partial charge in [0.15, 0.2) is 0 Å². The van der Waals surface area contributed by atoms with Gasteiger partial charge in [-0.2, -0.15) is 13.2 Å². The van der Waals surface area contributed by atoms with Crippen LogP contribution in [0.3, 0.4) is 0 Å². The summed E-state index contributed by atoms with van der Waals surface area (Å²) in [6.45, 7) is 0.293. The molecule has 21 heavy (non-hydrogen) atoms. The molecular formula is C14H11F5N2. The van der Waals surface area contributed by atoms with E-state index in [0.717, 1.165) is 18.3 Å². The molecule has 0 fully saturated rings. The Morgan fingerprint density at radius 1 is 1.00 bits per heavy atom. The van der Waals surface area contributed by atoms with E-state index in [9.17, 15) is 22.0 Å². The van der Waals surface area contributed by atoms with E-state index >= 15 is 0 Å². The van der Waals surface area contributed by atoms with Crippen molar-refractivity contribution in [3.63, 3.8) is 0 Å².